The average Bonchev–Trinajstić information content (AvgIpc) is 2.53. The van der Waals surface area contributed by atoms with Crippen LogP contribution >= 0.6 is 0 Å². The van der Waals surface area contributed by atoms with E-state index in [1.54, 1.807) is 0 Å². The van der Waals surface area contributed by atoms with Crippen molar-refractivity contribution in [1.29, 1.82) is 0 Å². The number of hydrogen-bond donors (Lipinski definition) is 2. The summed E-state index contributed by atoms with van der Waals surface area (Å²) in [5.74, 6) is -0.201. The number of carbonyl (C=O) groups excluding carboxylic acids is 1. The van der Waals surface area contributed by atoms with Crippen LogP contribution in [0, 0.1) is 0 Å². The van der Waals surface area contributed by atoms with Crippen molar-refractivity contribution >= 4 is 12.3 Å². The highest BCUT2D eigenvalue weighted by atomic mass is 16.6. The minimum atomic E-state index is -0.201. The molecule has 6 nitrogen and oxygen atoms in total. The van der Waals surface area contributed by atoms with Gasteiger partial charge in [0, 0.05) is 6.42 Å². The molecule has 0 amide bonds. The Morgan fingerprint density at radius 3 is 3.17 bits per heavy atom. The molecule has 0 aromatic carbocycles. The van der Waals surface area contributed by atoms with Gasteiger partial charge in [-0.2, -0.15) is 5.10 Å². The van der Waals surface area contributed by atoms with Crippen molar-refractivity contribution in [2.24, 2.45) is 5.10 Å². The molecule has 6 heteroatoms. The molecule has 1 rings (SSSR count). The Morgan fingerprint density at radius 1 is 1.75 bits per heavy atom. The van der Waals surface area contributed by atoms with E-state index in [9.17, 15) is 4.79 Å². The van der Waals surface area contributed by atoms with Gasteiger partial charge >= 0.3 is 5.97 Å². The minimum Gasteiger partial charge on any atom is -0.446 e. The number of nitrogens with zero attached hydrogens (tertiary/aromatic N) is 2. The van der Waals surface area contributed by atoms with Crippen molar-refractivity contribution in [2.45, 2.75) is 19.8 Å². The molecule has 68 valence electrons. The van der Waals surface area contributed by atoms with Gasteiger partial charge in [-0.25, -0.2) is 5.53 Å². The Balaban J connectivity index is 2.04. The lowest BCUT2D eigenvalue weighted by Crippen LogP contribution is -2.41. The Hall–Kier alpha value is -1.30. The molecule has 1 heterocycles. The molecule has 0 saturated carbocycles. The van der Waals surface area contributed by atoms with E-state index in [1.807, 2.05) is 6.92 Å². The summed E-state index contributed by atoms with van der Waals surface area (Å²) in [6, 6.07) is 0. The monoisotopic (exact) mass is 172 g/mol. The molecule has 0 fully saturated rings. The van der Waals surface area contributed by atoms with Gasteiger partial charge < -0.3 is 4.74 Å². The summed E-state index contributed by atoms with van der Waals surface area (Å²) in [5.41, 5.74) is 5.28. The zero-order valence-electron chi connectivity index (χ0n) is 6.91. The molecule has 1 aliphatic heterocycles. The largest absolute Gasteiger partial charge is 0.446 e. The third kappa shape index (κ3) is 2.75. The number of rotatable bonds is 4. The molecule has 0 unspecified atom stereocenters. The van der Waals surface area contributed by atoms with E-state index in [-0.39, 0.29) is 12.7 Å². The Morgan fingerprint density at radius 2 is 2.58 bits per heavy atom. The predicted molar refractivity (Wildman–Crippen MR) is 42.5 cm³/mol. The molecule has 0 spiro atoms. The summed E-state index contributed by atoms with van der Waals surface area (Å²) >= 11 is 0. The Labute approximate surface area is 70.5 Å². The van der Waals surface area contributed by atoms with Crippen LogP contribution in [-0.2, 0) is 9.53 Å². The van der Waals surface area contributed by atoms with Crippen LogP contribution in [0.3, 0.4) is 0 Å². The molecule has 0 aromatic rings. The van der Waals surface area contributed by atoms with Crippen molar-refractivity contribution in [3.63, 3.8) is 0 Å². The van der Waals surface area contributed by atoms with E-state index in [2.05, 4.69) is 16.1 Å². The number of hydrazone groups is 1. The molecule has 0 bridgehead atoms. The highest BCUT2D eigenvalue weighted by Crippen LogP contribution is 1.91. The third-order valence-electron chi connectivity index (χ3n) is 1.27. The molecular formula is C6H12N4O2. The van der Waals surface area contributed by atoms with Crippen molar-refractivity contribution in [3.05, 3.63) is 0 Å². The molecular weight excluding hydrogens is 160 g/mol. The average molecular weight is 172 g/mol. The standard InChI is InChI=1S/C6H12N4O2/c1-2-3-6(11)12-5-10-8-4-7-9-10/h4,9H,2-3,5H2,1H3,(H,7,8). The van der Waals surface area contributed by atoms with E-state index in [0.717, 1.165) is 6.42 Å². The summed E-state index contributed by atoms with van der Waals surface area (Å²) in [5, 5.41) is 5.09. The second-order valence-electron chi connectivity index (χ2n) is 2.31. The molecule has 0 aliphatic carbocycles. The van der Waals surface area contributed by atoms with Crippen molar-refractivity contribution in [1.82, 2.24) is 16.1 Å². The van der Waals surface area contributed by atoms with Crippen LogP contribution < -0.4 is 11.0 Å². The fourth-order valence-corrected chi connectivity index (χ4v) is 0.705. The van der Waals surface area contributed by atoms with E-state index in [0.29, 0.717) is 6.42 Å². The molecule has 0 radical (unpaired) electrons. The molecule has 12 heavy (non-hydrogen) atoms. The van der Waals surface area contributed by atoms with Gasteiger partial charge in [0.25, 0.3) is 0 Å². The first-order chi connectivity index (χ1) is 5.83. The van der Waals surface area contributed by atoms with Gasteiger partial charge in [0.05, 0.1) is 0 Å². The lowest BCUT2D eigenvalue weighted by molar-refractivity contribution is -0.150. The quantitative estimate of drug-likeness (QED) is 0.562. The fourth-order valence-electron chi connectivity index (χ4n) is 0.705. The summed E-state index contributed by atoms with van der Waals surface area (Å²) in [6.45, 7) is 2.08. The number of hydrogen-bond acceptors (Lipinski definition) is 6. The van der Waals surface area contributed by atoms with Gasteiger partial charge in [-0.3, -0.25) is 10.2 Å². The molecule has 0 saturated heterocycles. The van der Waals surface area contributed by atoms with E-state index >= 15 is 0 Å². The first-order valence-electron chi connectivity index (χ1n) is 3.79. The zero-order chi connectivity index (χ0) is 8.81. The lowest BCUT2D eigenvalue weighted by Gasteiger charge is -2.13. The second-order valence-corrected chi connectivity index (χ2v) is 2.31. The maximum Gasteiger partial charge on any atom is 0.307 e. The van der Waals surface area contributed by atoms with Gasteiger partial charge in [0.1, 0.15) is 6.34 Å². The van der Waals surface area contributed by atoms with Crippen molar-refractivity contribution in [2.75, 3.05) is 6.73 Å². The summed E-state index contributed by atoms with van der Waals surface area (Å²) in [7, 11) is 0. The maximum atomic E-state index is 10.9. The fraction of sp³-hybridized carbons (Fsp3) is 0.667. The van der Waals surface area contributed by atoms with Crippen LogP contribution in [0.25, 0.3) is 0 Å². The van der Waals surface area contributed by atoms with Gasteiger partial charge in [-0.05, 0) is 6.42 Å². The van der Waals surface area contributed by atoms with Crippen LogP contribution in [-0.4, -0.2) is 24.2 Å². The highest BCUT2D eigenvalue weighted by Gasteiger charge is 2.07. The first kappa shape index (κ1) is 8.79. The lowest BCUT2D eigenvalue weighted by atomic mass is 10.3. The predicted octanol–water partition coefficient (Wildman–Crippen LogP) is -0.445. The van der Waals surface area contributed by atoms with E-state index in [1.165, 1.54) is 11.5 Å². The number of ether oxygens (including phenoxy) is 1. The summed E-state index contributed by atoms with van der Waals surface area (Å²) < 4.78 is 4.85. The zero-order valence-corrected chi connectivity index (χ0v) is 6.91. The molecule has 1 aliphatic rings. The van der Waals surface area contributed by atoms with E-state index in [4.69, 9.17) is 4.74 Å². The molecule has 0 atom stereocenters. The van der Waals surface area contributed by atoms with Crippen molar-refractivity contribution in [3.8, 4) is 0 Å². The summed E-state index contributed by atoms with van der Waals surface area (Å²) in [6.07, 6.45) is 2.72. The Bertz CT molecular complexity index is 174. The first-order valence-corrected chi connectivity index (χ1v) is 3.79. The highest BCUT2D eigenvalue weighted by molar-refractivity contribution is 5.69. The van der Waals surface area contributed by atoms with Crippen LogP contribution in [0.4, 0.5) is 0 Å². The number of hydrazine groups is 2. The van der Waals surface area contributed by atoms with Crippen molar-refractivity contribution < 1.29 is 9.53 Å². The second kappa shape index (κ2) is 4.55. The number of nitrogens with one attached hydrogen (secondary N) is 2. The SMILES string of the molecule is CCCC(=O)OCN1NC=NN1. The van der Waals surface area contributed by atoms with Crippen LogP contribution in [0.2, 0.25) is 0 Å². The van der Waals surface area contributed by atoms with Gasteiger partial charge in [0.15, 0.2) is 6.73 Å². The van der Waals surface area contributed by atoms with E-state index < -0.39 is 0 Å². The minimum absolute atomic E-state index is 0.152. The molecule has 0 aromatic heterocycles. The molecule has 2 N–H and O–H groups in total. The third-order valence-corrected chi connectivity index (χ3v) is 1.27. The summed E-state index contributed by atoms with van der Waals surface area (Å²) in [4.78, 5) is 10.9. The Kier molecular flexibility index (Phi) is 3.34. The number of carbonyl (C=O) groups is 1. The van der Waals surface area contributed by atoms with Crippen LogP contribution in [0.1, 0.15) is 19.8 Å². The smallest absolute Gasteiger partial charge is 0.307 e. The van der Waals surface area contributed by atoms with Crippen LogP contribution in [0.15, 0.2) is 5.10 Å². The van der Waals surface area contributed by atoms with Crippen LogP contribution in [0.5, 0.6) is 0 Å². The normalized spacial score (nSPS) is 15.4. The van der Waals surface area contributed by atoms with Gasteiger partial charge in [0.2, 0.25) is 0 Å². The van der Waals surface area contributed by atoms with Gasteiger partial charge in [-0.15, -0.1) is 0 Å². The van der Waals surface area contributed by atoms with Gasteiger partial charge in [-0.1, -0.05) is 12.0 Å². The number of esters is 1. The topological polar surface area (TPSA) is 66.0 Å². The maximum absolute atomic E-state index is 10.9.